The molecule has 0 radical (unpaired) electrons. The number of nitrogens with two attached hydrogens (primary N) is 1. The highest BCUT2D eigenvalue weighted by atomic mass is 19.4. The molecule has 5 nitrogen and oxygen atoms in total. The van der Waals surface area contributed by atoms with Gasteiger partial charge in [-0.15, -0.1) is 0 Å². The van der Waals surface area contributed by atoms with E-state index in [2.05, 4.69) is 10.2 Å². The van der Waals surface area contributed by atoms with Crippen LogP contribution < -0.4 is 5.73 Å². The van der Waals surface area contributed by atoms with Crippen molar-refractivity contribution >= 4 is 5.91 Å². The molecular weight excluding hydrogens is 251 g/mol. The van der Waals surface area contributed by atoms with E-state index in [4.69, 9.17) is 10.5 Å². The second-order valence-electron chi connectivity index (χ2n) is 4.14. The van der Waals surface area contributed by atoms with Crippen LogP contribution in [0.1, 0.15) is 40.5 Å². The number of halogens is 3. The molecule has 1 amide bonds. The van der Waals surface area contributed by atoms with Gasteiger partial charge in [-0.25, -0.2) is 0 Å². The van der Waals surface area contributed by atoms with Crippen molar-refractivity contribution < 1.29 is 22.7 Å². The van der Waals surface area contributed by atoms with Crippen molar-refractivity contribution in [3.8, 4) is 0 Å². The van der Waals surface area contributed by atoms with Crippen molar-refractivity contribution in [1.82, 2.24) is 10.2 Å². The lowest BCUT2D eigenvalue weighted by Crippen LogP contribution is -2.23. The van der Waals surface area contributed by atoms with Gasteiger partial charge in [-0.1, -0.05) is 0 Å². The predicted octanol–water partition coefficient (Wildman–Crippen LogP) is 1.42. The van der Waals surface area contributed by atoms with E-state index in [9.17, 15) is 18.0 Å². The number of carbonyl (C=O) groups is 1. The van der Waals surface area contributed by atoms with Crippen LogP contribution in [-0.2, 0) is 10.9 Å². The molecule has 1 aliphatic heterocycles. The minimum absolute atomic E-state index is 0.120. The van der Waals surface area contributed by atoms with Crippen LogP contribution in [0.3, 0.4) is 0 Å². The Bertz CT molecular complexity index is 450. The van der Waals surface area contributed by atoms with E-state index in [-0.39, 0.29) is 18.2 Å². The molecule has 1 fully saturated rings. The van der Waals surface area contributed by atoms with Gasteiger partial charge in [-0.2, -0.15) is 18.3 Å². The maximum Gasteiger partial charge on any atom is 0.435 e. The van der Waals surface area contributed by atoms with Crippen LogP contribution in [0.5, 0.6) is 0 Å². The van der Waals surface area contributed by atoms with Crippen molar-refractivity contribution in [1.29, 1.82) is 0 Å². The molecule has 1 atom stereocenters. The monoisotopic (exact) mass is 263 g/mol. The first-order valence-electron chi connectivity index (χ1n) is 5.44. The molecule has 0 bridgehead atoms. The molecule has 0 aliphatic carbocycles. The number of nitrogens with zero attached hydrogens (tertiary/aromatic N) is 1. The van der Waals surface area contributed by atoms with Crippen LogP contribution in [0.2, 0.25) is 0 Å². The van der Waals surface area contributed by atoms with Gasteiger partial charge in [-0.3, -0.25) is 9.89 Å². The number of hydrogen-bond acceptors (Lipinski definition) is 3. The van der Waals surface area contributed by atoms with E-state index in [0.717, 1.165) is 6.42 Å². The minimum atomic E-state index is -4.70. The molecule has 3 N–H and O–H groups in total. The first-order valence-corrected chi connectivity index (χ1v) is 5.44. The first-order chi connectivity index (χ1) is 8.41. The van der Waals surface area contributed by atoms with E-state index in [1.807, 2.05) is 0 Å². The molecule has 8 heteroatoms. The third-order valence-electron chi connectivity index (χ3n) is 2.88. The van der Waals surface area contributed by atoms with Gasteiger partial charge in [-0.05, 0) is 12.8 Å². The Labute approximate surface area is 100 Å². The van der Waals surface area contributed by atoms with Gasteiger partial charge in [0.2, 0.25) is 0 Å². The van der Waals surface area contributed by atoms with Crippen molar-refractivity contribution in [3.63, 3.8) is 0 Å². The smallest absolute Gasteiger partial charge is 0.381 e. The summed E-state index contributed by atoms with van der Waals surface area (Å²) in [6, 6.07) is 0. The fourth-order valence-electron chi connectivity index (χ4n) is 2.07. The summed E-state index contributed by atoms with van der Waals surface area (Å²) in [6.07, 6.45) is -3.34. The van der Waals surface area contributed by atoms with Crippen LogP contribution in [0.15, 0.2) is 0 Å². The number of aromatic nitrogens is 2. The number of aromatic amines is 1. The third-order valence-corrected chi connectivity index (χ3v) is 2.88. The van der Waals surface area contributed by atoms with Gasteiger partial charge >= 0.3 is 6.18 Å². The summed E-state index contributed by atoms with van der Waals surface area (Å²) >= 11 is 0. The Morgan fingerprint density at radius 1 is 1.50 bits per heavy atom. The molecule has 1 aromatic rings. The van der Waals surface area contributed by atoms with Crippen LogP contribution in [-0.4, -0.2) is 29.3 Å². The Morgan fingerprint density at radius 2 is 2.22 bits per heavy atom. The summed E-state index contributed by atoms with van der Waals surface area (Å²) in [5.74, 6) is -1.43. The summed E-state index contributed by atoms with van der Waals surface area (Å²) in [4.78, 5) is 11.2. The summed E-state index contributed by atoms with van der Waals surface area (Å²) in [5.41, 5.74) is 3.32. The lowest BCUT2D eigenvalue weighted by molar-refractivity contribution is -0.141. The molecule has 1 aromatic heterocycles. The van der Waals surface area contributed by atoms with Crippen molar-refractivity contribution in [2.75, 3.05) is 13.2 Å². The topological polar surface area (TPSA) is 81.0 Å². The number of alkyl halides is 3. The van der Waals surface area contributed by atoms with Crippen LogP contribution in [0, 0.1) is 0 Å². The number of carbonyl (C=O) groups excluding carboxylic acids is 1. The molecule has 1 saturated heterocycles. The highest BCUT2D eigenvalue weighted by molar-refractivity contribution is 5.95. The number of H-pyrrole nitrogens is 1. The van der Waals surface area contributed by atoms with E-state index in [1.165, 1.54) is 0 Å². The van der Waals surface area contributed by atoms with Gasteiger partial charge in [0.05, 0.1) is 17.9 Å². The van der Waals surface area contributed by atoms with Crippen molar-refractivity contribution in [3.05, 3.63) is 17.0 Å². The molecule has 0 aromatic carbocycles. The molecule has 1 unspecified atom stereocenters. The maximum absolute atomic E-state index is 12.7. The summed E-state index contributed by atoms with van der Waals surface area (Å²) in [6.45, 7) is 0.836. The zero-order valence-electron chi connectivity index (χ0n) is 9.38. The number of primary amides is 1. The first kappa shape index (κ1) is 12.9. The Hall–Kier alpha value is -1.57. The standard InChI is InChI=1S/C10H12F3N3O2/c11-10(12,13)8-6(9(14)17)7(15-16-8)5-2-1-3-18-4-5/h5H,1-4H2,(H2,14,17)(H,15,16). The van der Waals surface area contributed by atoms with E-state index < -0.39 is 23.3 Å². The quantitative estimate of drug-likeness (QED) is 0.846. The normalized spacial score (nSPS) is 20.9. The largest absolute Gasteiger partial charge is 0.435 e. The Kier molecular flexibility index (Phi) is 3.29. The van der Waals surface area contributed by atoms with Gasteiger partial charge in [0, 0.05) is 12.5 Å². The summed E-state index contributed by atoms with van der Waals surface area (Å²) in [7, 11) is 0. The minimum Gasteiger partial charge on any atom is -0.381 e. The Balaban J connectivity index is 2.42. The Morgan fingerprint density at radius 3 is 2.72 bits per heavy atom. The number of amides is 1. The average molecular weight is 263 g/mol. The van der Waals surface area contributed by atoms with Gasteiger partial charge in [0.25, 0.3) is 5.91 Å². The van der Waals surface area contributed by atoms with Crippen LogP contribution >= 0.6 is 0 Å². The number of rotatable bonds is 2. The molecule has 2 heterocycles. The lowest BCUT2D eigenvalue weighted by atomic mass is 9.94. The maximum atomic E-state index is 12.7. The van der Waals surface area contributed by atoms with Gasteiger partial charge in [0.15, 0.2) is 5.69 Å². The molecule has 1 aliphatic rings. The molecule has 18 heavy (non-hydrogen) atoms. The van der Waals surface area contributed by atoms with E-state index in [1.54, 1.807) is 0 Å². The highest BCUT2D eigenvalue weighted by Gasteiger charge is 2.41. The number of nitrogens with one attached hydrogen (secondary N) is 1. The predicted molar refractivity (Wildman–Crippen MR) is 54.9 cm³/mol. The van der Waals surface area contributed by atoms with Crippen LogP contribution in [0.25, 0.3) is 0 Å². The van der Waals surface area contributed by atoms with Crippen LogP contribution in [0.4, 0.5) is 13.2 Å². The molecule has 2 rings (SSSR count). The lowest BCUT2D eigenvalue weighted by Gasteiger charge is -2.21. The zero-order chi connectivity index (χ0) is 13.3. The highest BCUT2D eigenvalue weighted by Crippen LogP contribution is 2.35. The molecule has 0 spiro atoms. The summed E-state index contributed by atoms with van der Waals surface area (Å²) < 4.78 is 43.2. The fourth-order valence-corrected chi connectivity index (χ4v) is 2.07. The second kappa shape index (κ2) is 4.60. The molecular formula is C10H12F3N3O2. The zero-order valence-corrected chi connectivity index (χ0v) is 9.38. The van der Waals surface area contributed by atoms with Crippen molar-refractivity contribution in [2.45, 2.75) is 24.9 Å². The van der Waals surface area contributed by atoms with Gasteiger partial charge in [0.1, 0.15) is 0 Å². The number of hydrogen-bond donors (Lipinski definition) is 2. The molecule has 100 valence electrons. The number of ether oxygens (including phenoxy) is 1. The van der Waals surface area contributed by atoms with Crippen molar-refractivity contribution in [2.24, 2.45) is 5.73 Å². The SMILES string of the molecule is NC(=O)c1c(C(F)(F)F)n[nH]c1C1CCCOC1. The summed E-state index contributed by atoms with van der Waals surface area (Å²) in [5, 5.41) is 5.46. The average Bonchev–Trinajstić information content (AvgIpc) is 2.74. The fraction of sp³-hybridized carbons (Fsp3) is 0.600. The van der Waals surface area contributed by atoms with E-state index >= 15 is 0 Å². The molecule has 0 saturated carbocycles. The second-order valence-corrected chi connectivity index (χ2v) is 4.14. The van der Waals surface area contributed by atoms with E-state index in [0.29, 0.717) is 13.0 Å². The van der Waals surface area contributed by atoms with Gasteiger partial charge < -0.3 is 10.5 Å². The third kappa shape index (κ3) is 2.33.